The molecule has 0 saturated carbocycles. The third-order valence-corrected chi connectivity index (χ3v) is 3.38. The molecule has 1 saturated heterocycles. The molecule has 1 aliphatic heterocycles. The van der Waals surface area contributed by atoms with Crippen LogP contribution in [0.1, 0.15) is 36.8 Å². The SMILES string of the molecule is C=C.CC.FC(F)(F)c1ccc(-c2ccc(C3CO3)c(C(F)(F)F)n2)cc1. The Morgan fingerprint density at radius 1 is 0.889 bits per heavy atom. The molecule has 0 N–H and O–H groups in total. The molecule has 0 aliphatic carbocycles. The smallest absolute Gasteiger partial charge is 0.368 e. The summed E-state index contributed by atoms with van der Waals surface area (Å²) in [5, 5.41) is 0. The molecule has 1 unspecified atom stereocenters. The molecule has 3 rings (SSSR count). The van der Waals surface area contributed by atoms with Crippen molar-refractivity contribution in [3.63, 3.8) is 0 Å². The summed E-state index contributed by atoms with van der Waals surface area (Å²) in [7, 11) is 0. The molecule has 148 valence electrons. The Hall–Kier alpha value is -2.35. The van der Waals surface area contributed by atoms with Crippen LogP contribution in [-0.4, -0.2) is 11.6 Å². The summed E-state index contributed by atoms with van der Waals surface area (Å²) in [5.74, 6) is 0. The van der Waals surface area contributed by atoms with Crippen molar-refractivity contribution in [2.45, 2.75) is 32.3 Å². The number of epoxide rings is 1. The highest BCUT2D eigenvalue weighted by molar-refractivity contribution is 5.60. The molecule has 1 aliphatic rings. The van der Waals surface area contributed by atoms with Gasteiger partial charge in [0.15, 0.2) is 5.69 Å². The summed E-state index contributed by atoms with van der Waals surface area (Å²) >= 11 is 0. The highest BCUT2D eigenvalue weighted by Gasteiger charge is 2.41. The highest BCUT2D eigenvalue weighted by atomic mass is 19.4. The van der Waals surface area contributed by atoms with E-state index in [0.29, 0.717) is 0 Å². The molecule has 1 fully saturated rings. The Kier molecular flexibility index (Phi) is 7.59. The minimum atomic E-state index is -4.66. The van der Waals surface area contributed by atoms with Crippen molar-refractivity contribution in [3.8, 4) is 11.3 Å². The number of benzene rings is 1. The Morgan fingerprint density at radius 3 is 1.81 bits per heavy atom. The number of rotatable bonds is 2. The monoisotopic (exact) mass is 391 g/mol. The number of aromatic nitrogens is 1. The molecule has 8 heteroatoms. The van der Waals surface area contributed by atoms with E-state index in [9.17, 15) is 26.3 Å². The van der Waals surface area contributed by atoms with Gasteiger partial charge in [-0.25, -0.2) is 4.98 Å². The van der Waals surface area contributed by atoms with E-state index in [1.807, 2.05) is 13.8 Å². The Morgan fingerprint density at radius 2 is 1.41 bits per heavy atom. The summed E-state index contributed by atoms with van der Waals surface area (Å²) in [5.41, 5.74) is -1.88. The normalized spacial score (nSPS) is 15.8. The molecule has 0 bridgehead atoms. The fourth-order valence-electron chi connectivity index (χ4n) is 2.18. The molecule has 2 nitrogen and oxygen atoms in total. The van der Waals surface area contributed by atoms with Gasteiger partial charge in [-0.3, -0.25) is 0 Å². The zero-order valence-corrected chi connectivity index (χ0v) is 14.8. The number of hydrogen-bond acceptors (Lipinski definition) is 2. The summed E-state index contributed by atoms with van der Waals surface area (Å²) in [6.45, 7) is 10.2. The van der Waals surface area contributed by atoms with E-state index >= 15 is 0 Å². The third-order valence-electron chi connectivity index (χ3n) is 3.38. The first kappa shape index (κ1) is 22.7. The van der Waals surface area contributed by atoms with Crippen molar-refractivity contribution in [1.82, 2.24) is 4.98 Å². The zero-order chi connectivity index (χ0) is 20.8. The van der Waals surface area contributed by atoms with Gasteiger partial charge in [-0.2, -0.15) is 26.3 Å². The van der Waals surface area contributed by atoms with Crippen molar-refractivity contribution in [3.05, 3.63) is 66.4 Å². The topological polar surface area (TPSA) is 25.4 Å². The van der Waals surface area contributed by atoms with Crippen LogP contribution in [0.4, 0.5) is 26.3 Å². The second-order valence-electron chi connectivity index (χ2n) is 5.03. The molecule has 0 spiro atoms. The number of nitrogens with zero attached hydrogens (tertiary/aromatic N) is 1. The number of halogens is 6. The van der Waals surface area contributed by atoms with Crippen LogP contribution in [0.25, 0.3) is 11.3 Å². The molecule has 1 atom stereocenters. The van der Waals surface area contributed by atoms with Crippen molar-refractivity contribution >= 4 is 0 Å². The van der Waals surface area contributed by atoms with E-state index in [1.54, 1.807) is 0 Å². The van der Waals surface area contributed by atoms with Crippen LogP contribution >= 0.6 is 0 Å². The highest BCUT2D eigenvalue weighted by Crippen LogP contribution is 2.40. The zero-order valence-electron chi connectivity index (χ0n) is 14.8. The van der Waals surface area contributed by atoms with Crippen molar-refractivity contribution in [2.24, 2.45) is 0 Å². The predicted octanol–water partition coefficient (Wildman–Crippen LogP) is 6.69. The first-order valence-corrected chi connectivity index (χ1v) is 8.03. The number of alkyl halides is 6. The Bertz CT molecular complexity index is 733. The summed E-state index contributed by atoms with van der Waals surface area (Å²) < 4.78 is 81.7. The van der Waals surface area contributed by atoms with Gasteiger partial charge in [0.2, 0.25) is 0 Å². The van der Waals surface area contributed by atoms with Gasteiger partial charge in [0.1, 0.15) is 6.10 Å². The average molecular weight is 391 g/mol. The standard InChI is InChI=1S/C15H9F6NO.C2H6.C2H4/c16-14(17,18)9-3-1-8(2-4-9)11-6-5-10(12-7-23-12)13(22-11)15(19,20)21;2*1-2/h1-6,12H,7H2;1-2H3;1-2H2. The van der Waals surface area contributed by atoms with Crippen LogP contribution in [0.5, 0.6) is 0 Å². The van der Waals surface area contributed by atoms with Crippen LogP contribution in [0.15, 0.2) is 49.6 Å². The lowest BCUT2D eigenvalue weighted by Crippen LogP contribution is -2.12. The molecule has 0 radical (unpaired) electrons. The van der Waals surface area contributed by atoms with E-state index < -0.39 is 29.7 Å². The average Bonchev–Trinajstić information content (AvgIpc) is 3.48. The first-order valence-electron chi connectivity index (χ1n) is 8.03. The largest absolute Gasteiger partial charge is 0.433 e. The fraction of sp³-hybridized carbons (Fsp3) is 0.316. The Balaban J connectivity index is 0.000000855. The van der Waals surface area contributed by atoms with Gasteiger partial charge >= 0.3 is 12.4 Å². The molecule has 2 aromatic rings. The van der Waals surface area contributed by atoms with Gasteiger partial charge < -0.3 is 4.74 Å². The summed E-state index contributed by atoms with van der Waals surface area (Å²) in [4.78, 5) is 3.58. The molecular weight excluding hydrogens is 372 g/mol. The van der Waals surface area contributed by atoms with Crippen molar-refractivity contribution in [1.29, 1.82) is 0 Å². The van der Waals surface area contributed by atoms with E-state index in [1.165, 1.54) is 12.1 Å². The van der Waals surface area contributed by atoms with Gasteiger partial charge in [-0.15, -0.1) is 13.2 Å². The second kappa shape index (κ2) is 9.03. The van der Waals surface area contributed by atoms with Crippen LogP contribution in [-0.2, 0) is 17.1 Å². The van der Waals surface area contributed by atoms with Crippen molar-refractivity contribution < 1.29 is 31.1 Å². The lowest BCUT2D eigenvalue weighted by atomic mass is 10.0. The van der Waals surface area contributed by atoms with Crippen LogP contribution in [0.2, 0.25) is 0 Å². The van der Waals surface area contributed by atoms with E-state index in [0.717, 1.165) is 24.3 Å². The lowest BCUT2D eigenvalue weighted by Gasteiger charge is -2.13. The molecule has 27 heavy (non-hydrogen) atoms. The van der Waals surface area contributed by atoms with Gasteiger partial charge in [-0.05, 0) is 18.2 Å². The maximum absolute atomic E-state index is 13.1. The van der Waals surface area contributed by atoms with E-state index in [4.69, 9.17) is 4.74 Å². The van der Waals surface area contributed by atoms with Crippen LogP contribution < -0.4 is 0 Å². The quantitative estimate of drug-likeness (QED) is 0.324. The molecule has 2 heterocycles. The minimum absolute atomic E-state index is 0.0459. The van der Waals surface area contributed by atoms with E-state index in [-0.39, 0.29) is 23.4 Å². The molecule has 0 amide bonds. The van der Waals surface area contributed by atoms with Crippen LogP contribution in [0, 0.1) is 0 Å². The lowest BCUT2D eigenvalue weighted by molar-refractivity contribution is -0.142. The van der Waals surface area contributed by atoms with Gasteiger partial charge in [0.25, 0.3) is 0 Å². The first-order chi connectivity index (χ1) is 12.7. The number of ether oxygens (including phenoxy) is 1. The third kappa shape index (κ3) is 5.82. The maximum Gasteiger partial charge on any atom is 0.433 e. The maximum atomic E-state index is 13.1. The van der Waals surface area contributed by atoms with Crippen LogP contribution in [0.3, 0.4) is 0 Å². The Labute approximate surface area is 153 Å². The fourth-order valence-corrected chi connectivity index (χ4v) is 2.18. The second-order valence-corrected chi connectivity index (χ2v) is 5.03. The molecule has 1 aromatic carbocycles. The predicted molar refractivity (Wildman–Crippen MR) is 91.0 cm³/mol. The van der Waals surface area contributed by atoms with E-state index in [2.05, 4.69) is 18.1 Å². The molecule has 1 aromatic heterocycles. The summed E-state index contributed by atoms with van der Waals surface area (Å²) in [6.07, 6.45) is -9.79. The van der Waals surface area contributed by atoms with Crippen molar-refractivity contribution in [2.75, 3.05) is 6.61 Å². The number of hydrogen-bond donors (Lipinski definition) is 0. The van der Waals surface area contributed by atoms with Gasteiger partial charge in [0, 0.05) is 11.1 Å². The minimum Gasteiger partial charge on any atom is -0.368 e. The van der Waals surface area contributed by atoms with Gasteiger partial charge in [0.05, 0.1) is 17.9 Å². The summed E-state index contributed by atoms with van der Waals surface area (Å²) in [6, 6.07) is 6.40. The molecular formula is C19H19F6NO. The van der Waals surface area contributed by atoms with Gasteiger partial charge in [-0.1, -0.05) is 32.0 Å². The number of pyridine rings is 1.